The van der Waals surface area contributed by atoms with Crippen LogP contribution in [0.4, 0.5) is 0 Å². The van der Waals surface area contributed by atoms with Crippen molar-refractivity contribution in [1.29, 1.82) is 0 Å². The summed E-state index contributed by atoms with van der Waals surface area (Å²) < 4.78 is 31.7. The third kappa shape index (κ3) is 2.89. The Morgan fingerprint density at radius 2 is 2.15 bits per heavy atom. The monoisotopic (exact) mass is 317 g/mol. The van der Waals surface area contributed by atoms with Gasteiger partial charge in [-0.2, -0.15) is 4.31 Å². The van der Waals surface area contributed by atoms with Crippen LogP contribution in [0.2, 0.25) is 0 Å². The average molecular weight is 317 g/mol. The van der Waals surface area contributed by atoms with Crippen LogP contribution in [-0.2, 0) is 14.8 Å². The van der Waals surface area contributed by atoms with E-state index in [0.29, 0.717) is 24.6 Å². The smallest absolute Gasteiger partial charge is 0.349 e. The highest BCUT2D eigenvalue weighted by molar-refractivity contribution is 7.89. The van der Waals surface area contributed by atoms with E-state index in [1.807, 2.05) is 6.92 Å². The molecular formula is C13H19NO4S2. The van der Waals surface area contributed by atoms with Gasteiger partial charge in [0.2, 0.25) is 10.0 Å². The molecular weight excluding hydrogens is 298 g/mol. The van der Waals surface area contributed by atoms with Crippen LogP contribution in [0.1, 0.15) is 35.0 Å². The maximum absolute atomic E-state index is 12.8. The number of carbonyl (C=O) groups is 1. The third-order valence-electron chi connectivity index (χ3n) is 3.40. The van der Waals surface area contributed by atoms with Crippen LogP contribution in [0, 0.1) is 12.8 Å². The molecule has 1 aromatic heterocycles. The van der Waals surface area contributed by atoms with E-state index in [-0.39, 0.29) is 9.77 Å². The minimum atomic E-state index is -3.64. The molecule has 0 unspecified atom stereocenters. The Morgan fingerprint density at radius 1 is 1.50 bits per heavy atom. The largest absolute Gasteiger partial charge is 0.465 e. The van der Waals surface area contributed by atoms with Crippen LogP contribution >= 0.6 is 11.3 Å². The molecule has 0 N–H and O–H groups in total. The van der Waals surface area contributed by atoms with Crippen molar-refractivity contribution in [3.63, 3.8) is 0 Å². The molecule has 0 amide bonds. The van der Waals surface area contributed by atoms with E-state index >= 15 is 0 Å². The zero-order valence-corrected chi connectivity index (χ0v) is 13.5. The predicted molar refractivity (Wildman–Crippen MR) is 77.6 cm³/mol. The molecule has 0 aliphatic heterocycles. The Kier molecular flexibility index (Phi) is 4.51. The first-order chi connectivity index (χ1) is 9.41. The van der Waals surface area contributed by atoms with E-state index in [9.17, 15) is 13.2 Å². The van der Waals surface area contributed by atoms with Gasteiger partial charge in [0, 0.05) is 13.1 Å². The number of rotatable bonds is 6. The van der Waals surface area contributed by atoms with Crippen molar-refractivity contribution in [1.82, 2.24) is 4.31 Å². The number of methoxy groups -OCH3 is 1. The molecule has 5 nitrogen and oxygen atoms in total. The van der Waals surface area contributed by atoms with E-state index in [1.165, 1.54) is 11.4 Å². The van der Waals surface area contributed by atoms with Crippen LogP contribution in [0.25, 0.3) is 0 Å². The van der Waals surface area contributed by atoms with Gasteiger partial charge in [0.1, 0.15) is 9.77 Å². The van der Waals surface area contributed by atoms with Gasteiger partial charge in [-0.1, -0.05) is 6.92 Å². The zero-order valence-electron chi connectivity index (χ0n) is 11.9. The number of hydrogen-bond acceptors (Lipinski definition) is 5. The van der Waals surface area contributed by atoms with Crippen molar-refractivity contribution in [2.45, 2.75) is 31.6 Å². The molecule has 0 atom stereocenters. The van der Waals surface area contributed by atoms with Gasteiger partial charge in [-0.15, -0.1) is 11.3 Å². The Labute approximate surface area is 123 Å². The zero-order chi connectivity index (χ0) is 14.9. The first kappa shape index (κ1) is 15.5. The number of carbonyl (C=O) groups excluding carboxylic acids is 1. The number of thiophene rings is 1. The molecule has 0 bridgehead atoms. The van der Waals surface area contributed by atoms with Crippen LogP contribution in [0.15, 0.2) is 10.3 Å². The van der Waals surface area contributed by atoms with Gasteiger partial charge in [-0.3, -0.25) is 0 Å². The van der Waals surface area contributed by atoms with Crippen molar-refractivity contribution in [2.24, 2.45) is 5.92 Å². The molecule has 0 radical (unpaired) electrons. The summed E-state index contributed by atoms with van der Waals surface area (Å²) in [4.78, 5) is 12.0. The SMILES string of the molecule is CCN(CC1CC1)S(=O)(=O)c1c(C)csc1C(=O)OC. The molecule has 1 aliphatic carbocycles. The molecule has 1 saturated carbocycles. The molecule has 7 heteroatoms. The Morgan fingerprint density at radius 3 is 2.65 bits per heavy atom. The fraction of sp³-hybridized carbons (Fsp3) is 0.615. The molecule has 112 valence electrons. The first-order valence-corrected chi connectivity index (χ1v) is 8.90. The number of sulfonamides is 1. The van der Waals surface area contributed by atoms with Gasteiger partial charge >= 0.3 is 5.97 Å². The number of hydrogen-bond donors (Lipinski definition) is 0. The topological polar surface area (TPSA) is 63.7 Å². The van der Waals surface area contributed by atoms with Crippen LogP contribution in [0.3, 0.4) is 0 Å². The minimum Gasteiger partial charge on any atom is -0.465 e. The summed E-state index contributed by atoms with van der Waals surface area (Å²) in [5, 5.41) is 1.68. The molecule has 1 heterocycles. The summed E-state index contributed by atoms with van der Waals surface area (Å²) in [7, 11) is -2.38. The van der Waals surface area contributed by atoms with Gasteiger partial charge < -0.3 is 4.74 Å². The molecule has 1 aromatic rings. The molecule has 1 aliphatic rings. The average Bonchev–Trinajstić information content (AvgIpc) is 3.15. The number of ether oxygens (including phenoxy) is 1. The fourth-order valence-corrected chi connectivity index (χ4v) is 5.29. The van der Waals surface area contributed by atoms with Crippen molar-refractivity contribution in [3.8, 4) is 0 Å². The second-order valence-electron chi connectivity index (χ2n) is 4.97. The molecule has 0 saturated heterocycles. The first-order valence-electron chi connectivity index (χ1n) is 6.58. The van der Waals surface area contributed by atoms with Gasteiger partial charge in [0.25, 0.3) is 0 Å². The summed E-state index contributed by atoms with van der Waals surface area (Å²) in [5.41, 5.74) is 0.602. The quantitative estimate of drug-likeness (QED) is 0.755. The maximum atomic E-state index is 12.8. The summed E-state index contributed by atoms with van der Waals surface area (Å²) in [5.74, 6) is -0.130. The van der Waals surface area contributed by atoms with E-state index < -0.39 is 16.0 Å². The highest BCUT2D eigenvalue weighted by Crippen LogP contribution is 2.34. The third-order valence-corrected chi connectivity index (χ3v) is 6.73. The van der Waals surface area contributed by atoms with Gasteiger partial charge in [0.15, 0.2) is 0 Å². The summed E-state index contributed by atoms with van der Waals surface area (Å²) >= 11 is 1.12. The summed E-state index contributed by atoms with van der Waals surface area (Å²) in [6.45, 7) is 4.48. The summed E-state index contributed by atoms with van der Waals surface area (Å²) in [6.07, 6.45) is 2.16. The fourth-order valence-electron chi connectivity index (χ4n) is 2.10. The van der Waals surface area contributed by atoms with Crippen LogP contribution in [-0.4, -0.2) is 38.9 Å². The standard InChI is InChI=1S/C13H19NO4S2/c1-4-14(7-10-5-6-10)20(16,17)12-9(2)8-19-11(12)13(15)18-3/h8,10H,4-7H2,1-3H3. The molecule has 2 rings (SSSR count). The van der Waals surface area contributed by atoms with Gasteiger partial charge in [0.05, 0.1) is 7.11 Å². The predicted octanol–water partition coefficient (Wildman–Crippen LogP) is 2.26. The minimum absolute atomic E-state index is 0.108. The molecule has 1 fully saturated rings. The number of nitrogens with zero attached hydrogens (tertiary/aromatic N) is 1. The maximum Gasteiger partial charge on any atom is 0.349 e. The number of esters is 1. The lowest BCUT2D eigenvalue weighted by Gasteiger charge is -2.20. The van der Waals surface area contributed by atoms with Crippen molar-refractivity contribution in [2.75, 3.05) is 20.2 Å². The van der Waals surface area contributed by atoms with E-state index in [2.05, 4.69) is 4.74 Å². The van der Waals surface area contributed by atoms with Crippen molar-refractivity contribution >= 4 is 27.3 Å². The Bertz CT molecular complexity index is 602. The second-order valence-corrected chi connectivity index (χ2v) is 7.72. The summed E-state index contributed by atoms with van der Waals surface area (Å²) in [6, 6.07) is 0. The molecule has 0 spiro atoms. The van der Waals surface area contributed by atoms with E-state index in [4.69, 9.17) is 0 Å². The normalized spacial score (nSPS) is 15.6. The lowest BCUT2D eigenvalue weighted by Crippen LogP contribution is -2.33. The van der Waals surface area contributed by atoms with Crippen molar-refractivity contribution < 1.29 is 17.9 Å². The van der Waals surface area contributed by atoms with Gasteiger partial charge in [-0.05, 0) is 36.6 Å². The van der Waals surface area contributed by atoms with E-state index in [0.717, 1.165) is 24.2 Å². The molecule has 0 aromatic carbocycles. The highest BCUT2D eigenvalue weighted by atomic mass is 32.2. The van der Waals surface area contributed by atoms with Crippen LogP contribution in [0.5, 0.6) is 0 Å². The lowest BCUT2D eigenvalue weighted by molar-refractivity contribution is 0.0602. The highest BCUT2D eigenvalue weighted by Gasteiger charge is 2.35. The van der Waals surface area contributed by atoms with Gasteiger partial charge in [-0.25, -0.2) is 13.2 Å². The lowest BCUT2D eigenvalue weighted by atomic mass is 10.3. The second kappa shape index (κ2) is 5.83. The number of aryl methyl sites for hydroxylation is 1. The van der Waals surface area contributed by atoms with E-state index in [1.54, 1.807) is 12.3 Å². The molecule has 20 heavy (non-hydrogen) atoms. The Balaban J connectivity index is 2.41. The van der Waals surface area contributed by atoms with Crippen LogP contribution < -0.4 is 0 Å². The van der Waals surface area contributed by atoms with Crippen molar-refractivity contribution in [3.05, 3.63) is 15.8 Å². The Hall–Kier alpha value is -0.920.